The molecular formula is C14H24O4. The molecule has 0 amide bonds. The molecule has 0 N–H and O–H groups in total. The molecule has 3 aliphatic heterocycles. The highest BCUT2D eigenvalue weighted by Crippen LogP contribution is 2.54. The molecule has 3 heterocycles. The van der Waals surface area contributed by atoms with Crippen LogP contribution >= 0.6 is 0 Å². The third kappa shape index (κ3) is 1.52. The summed E-state index contributed by atoms with van der Waals surface area (Å²) < 4.78 is 24.7. The summed E-state index contributed by atoms with van der Waals surface area (Å²) in [5.41, 5.74) is -0.966. The van der Waals surface area contributed by atoms with Gasteiger partial charge in [-0.15, -0.1) is 0 Å². The Morgan fingerprint density at radius 1 is 0.667 bits per heavy atom. The second-order valence-corrected chi connectivity index (χ2v) is 6.63. The van der Waals surface area contributed by atoms with Crippen molar-refractivity contribution in [2.24, 2.45) is 0 Å². The third-order valence-electron chi connectivity index (χ3n) is 4.65. The Morgan fingerprint density at radius 3 is 1.33 bits per heavy atom. The standard InChI is InChI=1S/C14H24O4/c1-11(2)13(7-5-9-15-13)18-12(3,4)14(17-11)8-6-10-16-14/h5-10H2,1-4H3/t13-,14-/m1/s1. The van der Waals surface area contributed by atoms with E-state index in [0.717, 1.165) is 38.9 Å². The maximum atomic E-state index is 6.40. The lowest BCUT2D eigenvalue weighted by atomic mass is 9.84. The van der Waals surface area contributed by atoms with Crippen LogP contribution < -0.4 is 0 Å². The van der Waals surface area contributed by atoms with E-state index in [1.807, 2.05) is 0 Å². The first kappa shape index (κ1) is 12.9. The van der Waals surface area contributed by atoms with Crippen LogP contribution in [0.1, 0.15) is 53.4 Å². The van der Waals surface area contributed by atoms with E-state index in [1.54, 1.807) is 0 Å². The summed E-state index contributed by atoms with van der Waals surface area (Å²) in [5, 5.41) is 0. The van der Waals surface area contributed by atoms with Gasteiger partial charge in [0.1, 0.15) is 11.2 Å². The zero-order chi connectivity index (χ0) is 13.1. The lowest BCUT2D eigenvalue weighted by Gasteiger charge is -2.59. The van der Waals surface area contributed by atoms with Crippen molar-refractivity contribution in [2.75, 3.05) is 13.2 Å². The van der Waals surface area contributed by atoms with Gasteiger partial charge in [0.15, 0.2) is 11.6 Å². The van der Waals surface area contributed by atoms with Gasteiger partial charge in [0, 0.05) is 12.8 Å². The lowest BCUT2D eigenvalue weighted by molar-refractivity contribution is -0.473. The minimum Gasteiger partial charge on any atom is -0.347 e. The minimum atomic E-state index is -0.617. The van der Waals surface area contributed by atoms with Gasteiger partial charge in [-0.05, 0) is 40.5 Å². The molecule has 3 rings (SSSR count). The second-order valence-electron chi connectivity index (χ2n) is 6.63. The molecule has 4 heteroatoms. The Balaban J connectivity index is 1.97. The van der Waals surface area contributed by atoms with E-state index < -0.39 is 22.8 Å². The van der Waals surface area contributed by atoms with Gasteiger partial charge in [0.05, 0.1) is 13.2 Å². The Bertz CT molecular complexity index is 302. The highest BCUT2D eigenvalue weighted by atomic mass is 16.8. The van der Waals surface area contributed by atoms with E-state index >= 15 is 0 Å². The van der Waals surface area contributed by atoms with Crippen molar-refractivity contribution in [1.29, 1.82) is 0 Å². The van der Waals surface area contributed by atoms with E-state index in [0.29, 0.717) is 0 Å². The highest BCUT2D eigenvalue weighted by molar-refractivity contribution is 5.06. The monoisotopic (exact) mass is 256 g/mol. The van der Waals surface area contributed by atoms with Crippen LogP contribution in [-0.4, -0.2) is 36.0 Å². The zero-order valence-corrected chi connectivity index (χ0v) is 11.9. The SMILES string of the molecule is CC1(C)O[C@]2(CCCO2)C(C)(C)O[C@]12CCCO2. The van der Waals surface area contributed by atoms with Crippen molar-refractivity contribution in [3.05, 3.63) is 0 Å². The van der Waals surface area contributed by atoms with E-state index in [4.69, 9.17) is 18.9 Å². The molecule has 0 radical (unpaired) electrons. The maximum Gasteiger partial charge on any atom is 0.198 e. The Hall–Kier alpha value is -0.160. The molecule has 2 atom stereocenters. The first-order valence-corrected chi connectivity index (χ1v) is 7.01. The van der Waals surface area contributed by atoms with Crippen LogP contribution in [0, 0.1) is 0 Å². The average Bonchev–Trinajstić information content (AvgIpc) is 2.85. The smallest absolute Gasteiger partial charge is 0.198 e. The van der Waals surface area contributed by atoms with Crippen LogP contribution in [0.2, 0.25) is 0 Å². The van der Waals surface area contributed by atoms with Crippen molar-refractivity contribution in [2.45, 2.75) is 76.2 Å². The van der Waals surface area contributed by atoms with Gasteiger partial charge in [-0.1, -0.05) is 0 Å². The Labute approximate surface area is 109 Å². The molecule has 0 aromatic rings. The zero-order valence-electron chi connectivity index (χ0n) is 11.9. The van der Waals surface area contributed by atoms with Gasteiger partial charge in [-0.2, -0.15) is 0 Å². The van der Waals surface area contributed by atoms with Crippen LogP contribution in [-0.2, 0) is 18.9 Å². The summed E-state index contributed by atoms with van der Waals surface area (Å²) in [6.07, 6.45) is 3.83. The fourth-order valence-electron chi connectivity index (χ4n) is 3.56. The van der Waals surface area contributed by atoms with Gasteiger partial charge in [0.25, 0.3) is 0 Å². The topological polar surface area (TPSA) is 36.9 Å². The Kier molecular flexibility index (Phi) is 2.63. The number of hydrogen-bond acceptors (Lipinski definition) is 4. The summed E-state index contributed by atoms with van der Waals surface area (Å²) in [6.45, 7) is 9.70. The molecule has 18 heavy (non-hydrogen) atoms. The van der Waals surface area contributed by atoms with Gasteiger partial charge in [-0.3, -0.25) is 0 Å². The maximum absolute atomic E-state index is 6.40. The first-order chi connectivity index (χ1) is 8.33. The Morgan fingerprint density at radius 2 is 1.06 bits per heavy atom. The largest absolute Gasteiger partial charge is 0.347 e. The van der Waals surface area contributed by atoms with Crippen molar-refractivity contribution in [3.63, 3.8) is 0 Å². The van der Waals surface area contributed by atoms with Gasteiger partial charge < -0.3 is 18.9 Å². The molecule has 0 aromatic carbocycles. The predicted molar refractivity (Wildman–Crippen MR) is 66.2 cm³/mol. The summed E-state index contributed by atoms with van der Waals surface area (Å²) >= 11 is 0. The lowest BCUT2D eigenvalue weighted by Crippen LogP contribution is -2.71. The van der Waals surface area contributed by atoms with Crippen molar-refractivity contribution < 1.29 is 18.9 Å². The molecule has 0 bridgehead atoms. The van der Waals surface area contributed by atoms with E-state index in [1.165, 1.54) is 0 Å². The van der Waals surface area contributed by atoms with Crippen LogP contribution in [0.3, 0.4) is 0 Å². The normalized spacial score (nSPS) is 46.0. The molecule has 0 unspecified atom stereocenters. The number of ether oxygens (including phenoxy) is 4. The second kappa shape index (κ2) is 3.69. The molecule has 3 saturated heterocycles. The first-order valence-electron chi connectivity index (χ1n) is 7.01. The molecule has 104 valence electrons. The van der Waals surface area contributed by atoms with Crippen molar-refractivity contribution >= 4 is 0 Å². The summed E-state index contributed by atoms with van der Waals surface area (Å²) in [5.74, 6) is -1.23. The quantitative estimate of drug-likeness (QED) is 0.667. The fraction of sp³-hybridized carbons (Fsp3) is 1.00. The molecule has 2 spiro atoms. The van der Waals surface area contributed by atoms with Gasteiger partial charge in [-0.25, -0.2) is 0 Å². The average molecular weight is 256 g/mol. The van der Waals surface area contributed by atoms with E-state index in [-0.39, 0.29) is 0 Å². The molecule has 3 fully saturated rings. The van der Waals surface area contributed by atoms with Crippen LogP contribution in [0.15, 0.2) is 0 Å². The van der Waals surface area contributed by atoms with Crippen LogP contribution in [0.5, 0.6) is 0 Å². The highest BCUT2D eigenvalue weighted by Gasteiger charge is 2.67. The van der Waals surface area contributed by atoms with Crippen molar-refractivity contribution in [3.8, 4) is 0 Å². The van der Waals surface area contributed by atoms with E-state index in [2.05, 4.69) is 27.7 Å². The molecule has 3 aliphatic rings. The van der Waals surface area contributed by atoms with Crippen molar-refractivity contribution in [1.82, 2.24) is 0 Å². The molecule has 0 aliphatic carbocycles. The minimum absolute atomic E-state index is 0.483. The molecule has 4 nitrogen and oxygen atoms in total. The van der Waals surface area contributed by atoms with Crippen LogP contribution in [0.25, 0.3) is 0 Å². The fourth-order valence-corrected chi connectivity index (χ4v) is 3.56. The summed E-state index contributed by atoms with van der Waals surface area (Å²) in [6, 6.07) is 0. The number of hydrogen-bond donors (Lipinski definition) is 0. The molecule has 0 saturated carbocycles. The van der Waals surface area contributed by atoms with E-state index in [9.17, 15) is 0 Å². The van der Waals surface area contributed by atoms with Crippen LogP contribution in [0.4, 0.5) is 0 Å². The summed E-state index contributed by atoms with van der Waals surface area (Å²) in [7, 11) is 0. The third-order valence-corrected chi connectivity index (χ3v) is 4.65. The number of rotatable bonds is 0. The van der Waals surface area contributed by atoms with Gasteiger partial charge >= 0.3 is 0 Å². The van der Waals surface area contributed by atoms with Gasteiger partial charge in [0.2, 0.25) is 0 Å². The predicted octanol–water partition coefficient (Wildman–Crippen LogP) is 2.60. The molecular weight excluding hydrogens is 232 g/mol. The summed E-state index contributed by atoms with van der Waals surface area (Å²) in [4.78, 5) is 0. The molecule has 0 aromatic heterocycles.